The molecule has 0 unspecified atom stereocenters. The van der Waals surface area contributed by atoms with Crippen molar-refractivity contribution in [2.75, 3.05) is 30.4 Å². The average Bonchev–Trinajstić information content (AvgIpc) is 3.32. The summed E-state index contributed by atoms with van der Waals surface area (Å²) in [6.45, 7) is 5.72. The molecule has 0 aliphatic carbocycles. The number of amides is 1. The minimum absolute atomic E-state index is 0.00226. The van der Waals surface area contributed by atoms with E-state index in [-0.39, 0.29) is 11.8 Å². The van der Waals surface area contributed by atoms with Crippen molar-refractivity contribution < 1.29 is 9.53 Å². The minimum atomic E-state index is 0.00226. The third kappa shape index (κ3) is 4.85. The van der Waals surface area contributed by atoms with Crippen LogP contribution in [0.1, 0.15) is 31.0 Å². The number of carbonyl (C=O) groups is 1. The third-order valence-electron chi connectivity index (χ3n) is 6.71. The maximum Gasteiger partial charge on any atom is 0.227 e. The summed E-state index contributed by atoms with van der Waals surface area (Å²) >= 11 is 0. The molecule has 0 radical (unpaired) electrons. The largest absolute Gasteiger partial charge is 0.497 e. The third-order valence-corrected chi connectivity index (χ3v) is 6.71. The average molecular weight is 470 g/mol. The van der Waals surface area contributed by atoms with Gasteiger partial charge in [0.25, 0.3) is 0 Å². The first-order chi connectivity index (χ1) is 17.0. The first kappa shape index (κ1) is 22.9. The fourth-order valence-corrected chi connectivity index (χ4v) is 4.69. The Morgan fingerprint density at radius 3 is 2.57 bits per heavy atom. The lowest BCUT2D eigenvalue weighted by Gasteiger charge is -2.33. The molecule has 1 aliphatic heterocycles. The number of benzene rings is 2. The van der Waals surface area contributed by atoms with Crippen LogP contribution in [-0.2, 0) is 11.2 Å². The van der Waals surface area contributed by atoms with Crippen molar-refractivity contribution in [3.63, 3.8) is 0 Å². The number of piperidine rings is 1. The highest BCUT2D eigenvalue weighted by molar-refractivity contribution is 5.92. The minimum Gasteiger partial charge on any atom is -0.497 e. The molecule has 1 N–H and O–H groups in total. The lowest BCUT2D eigenvalue weighted by atomic mass is 9.95. The number of hydrogen-bond acceptors (Lipinski definition) is 5. The normalized spacial score (nSPS) is 14.3. The highest BCUT2D eigenvalue weighted by atomic mass is 16.5. The molecule has 5 rings (SSSR count). The summed E-state index contributed by atoms with van der Waals surface area (Å²) in [7, 11) is 1.66. The molecule has 3 heterocycles. The molecule has 0 bridgehead atoms. The van der Waals surface area contributed by atoms with Gasteiger partial charge in [0, 0.05) is 48.1 Å². The molecule has 1 amide bonds. The summed E-state index contributed by atoms with van der Waals surface area (Å²) in [4.78, 5) is 19.9. The monoisotopic (exact) mass is 469 g/mol. The van der Waals surface area contributed by atoms with Crippen molar-refractivity contribution in [1.29, 1.82) is 0 Å². The number of hydrogen-bond donors (Lipinski definition) is 1. The summed E-state index contributed by atoms with van der Waals surface area (Å²) in [5.41, 5.74) is 5.76. The van der Waals surface area contributed by atoms with Gasteiger partial charge in [-0.1, -0.05) is 19.1 Å². The first-order valence-corrected chi connectivity index (χ1v) is 12.2. The fourth-order valence-electron chi connectivity index (χ4n) is 4.69. The first-order valence-electron chi connectivity index (χ1n) is 12.2. The summed E-state index contributed by atoms with van der Waals surface area (Å²) in [6, 6.07) is 20.1. The molecule has 180 valence electrons. The van der Waals surface area contributed by atoms with Crippen molar-refractivity contribution >= 4 is 23.1 Å². The van der Waals surface area contributed by atoms with Crippen molar-refractivity contribution in [2.24, 2.45) is 5.92 Å². The number of aromatic nitrogens is 3. The van der Waals surface area contributed by atoms with Gasteiger partial charge in [0.1, 0.15) is 11.6 Å². The highest BCUT2D eigenvalue weighted by Gasteiger charge is 2.27. The number of rotatable bonds is 6. The van der Waals surface area contributed by atoms with E-state index in [1.54, 1.807) is 7.11 Å². The smallest absolute Gasteiger partial charge is 0.227 e. The van der Waals surface area contributed by atoms with Crippen LogP contribution < -0.4 is 15.0 Å². The highest BCUT2D eigenvalue weighted by Crippen LogP contribution is 2.28. The van der Waals surface area contributed by atoms with Crippen LogP contribution in [-0.4, -0.2) is 40.7 Å². The van der Waals surface area contributed by atoms with Crippen LogP contribution in [0.25, 0.3) is 16.9 Å². The number of fused-ring (bicyclic) bond motifs is 1. The Morgan fingerprint density at radius 2 is 1.86 bits per heavy atom. The van der Waals surface area contributed by atoms with E-state index in [1.807, 2.05) is 53.9 Å². The Labute approximate surface area is 205 Å². The molecule has 35 heavy (non-hydrogen) atoms. The topological polar surface area (TPSA) is 71.8 Å². The Morgan fingerprint density at radius 1 is 1.09 bits per heavy atom. The molecule has 2 aromatic heterocycles. The lowest BCUT2D eigenvalue weighted by molar-refractivity contribution is -0.120. The predicted molar refractivity (Wildman–Crippen MR) is 139 cm³/mol. The Hall–Kier alpha value is -3.87. The van der Waals surface area contributed by atoms with E-state index in [0.29, 0.717) is 0 Å². The maximum absolute atomic E-state index is 12.9. The van der Waals surface area contributed by atoms with Crippen LogP contribution in [0.2, 0.25) is 0 Å². The van der Waals surface area contributed by atoms with E-state index in [0.717, 1.165) is 72.2 Å². The predicted octanol–water partition coefficient (Wildman–Crippen LogP) is 5.13. The van der Waals surface area contributed by atoms with E-state index in [2.05, 4.69) is 35.3 Å². The van der Waals surface area contributed by atoms with E-state index in [4.69, 9.17) is 14.8 Å². The molecule has 7 nitrogen and oxygen atoms in total. The zero-order valence-electron chi connectivity index (χ0n) is 20.5. The van der Waals surface area contributed by atoms with Crippen molar-refractivity contribution in [3.8, 4) is 17.0 Å². The summed E-state index contributed by atoms with van der Waals surface area (Å²) in [6.07, 6.45) is 2.55. The van der Waals surface area contributed by atoms with Gasteiger partial charge in [-0.15, -0.1) is 0 Å². The molecular formula is C28H31N5O2. The number of carbonyl (C=O) groups excluding carboxylic acids is 1. The molecule has 0 spiro atoms. The molecule has 1 aliphatic rings. The molecule has 0 saturated carbocycles. The second-order valence-corrected chi connectivity index (χ2v) is 9.09. The molecule has 0 atom stereocenters. The van der Waals surface area contributed by atoms with Gasteiger partial charge in [0.2, 0.25) is 5.91 Å². The number of aryl methyl sites for hydroxylation is 2. The quantitative estimate of drug-likeness (QED) is 0.424. The van der Waals surface area contributed by atoms with E-state index >= 15 is 0 Å². The summed E-state index contributed by atoms with van der Waals surface area (Å²) in [5.74, 6) is 1.94. The lowest BCUT2D eigenvalue weighted by Crippen LogP contribution is -2.39. The van der Waals surface area contributed by atoms with Crippen LogP contribution in [0.3, 0.4) is 0 Å². The summed E-state index contributed by atoms with van der Waals surface area (Å²) in [5, 5.41) is 7.99. The SMILES string of the molecule is CCc1cccc(NC(=O)C2CCN(c3cc(C)nc4cc(-c5ccc(OC)cc5)nn34)CC2)c1. The second kappa shape index (κ2) is 9.78. The van der Waals surface area contributed by atoms with Crippen LogP contribution in [0, 0.1) is 12.8 Å². The Bertz CT molecular complexity index is 1340. The van der Waals surface area contributed by atoms with Gasteiger partial charge < -0.3 is 15.0 Å². The number of nitrogens with one attached hydrogen (secondary N) is 1. The molecule has 1 saturated heterocycles. The van der Waals surface area contributed by atoms with E-state index in [1.165, 1.54) is 5.56 Å². The zero-order valence-corrected chi connectivity index (χ0v) is 20.5. The zero-order chi connectivity index (χ0) is 24.4. The van der Waals surface area contributed by atoms with E-state index < -0.39 is 0 Å². The van der Waals surface area contributed by atoms with Gasteiger partial charge in [-0.05, 0) is 68.1 Å². The van der Waals surface area contributed by atoms with Crippen molar-refractivity contribution in [3.05, 3.63) is 71.9 Å². The standard InChI is InChI=1S/C28H31N5O2/c1-4-20-6-5-7-23(17-20)30-28(34)22-12-14-32(15-13-22)27-16-19(2)29-26-18-25(31-33(26)27)21-8-10-24(35-3)11-9-21/h5-11,16-18,22H,4,12-15H2,1-3H3,(H,30,34). The van der Waals surface area contributed by atoms with Gasteiger partial charge >= 0.3 is 0 Å². The molecule has 4 aromatic rings. The van der Waals surface area contributed by atoms with Crippen LogP contribution >= 0.6 is 0 Å². The van der Waals surface area contributed by atoms with Crippen LogP contribution in [0.4, 0.5) is 11.5 Å². The molecule has 1 fully saturated rings. The van der Waals surface area contributed by atoms with E-state index in [9.17, 15) is 4.79 Å². The molecular weight excluding hydrogens is 438 g/mol. The van der Waals surface area contributed by atoms with Crippen LogP contribution in [0.5, 0.6) is 5.75 Å². The van der Waals surface area contributed by atoms with Gasteiger partial charge in [0.05, 0.1) is 12.8 Å². The molecule has 2 aromatic carbocycles. The van der Waals surface area contributed by atoms with Crippen molar-refractivity contribution in [1.82, 2.24) is 14.6 Å². The van der Waals surface area contributed by atoms with Crippen molar-refractivity contribution in [2.45, 2.75) is 33.1 Å². The number of methoxy groups -OCH3 is 1. The fraction of sp³-hybridized carbons (Fsp3) is 0.321. The van der Waals surface area contributed by atoms with Gasteiger partial charge in [-0.2, -0.15) is 9.61 Å². The van der Waals surface area contributed by atoms with Gasteiger partial charge in [0.15, 0.2) is 5.65 Å². The Kier molecular flexibility index (Phi) is 6.40. The van der Waals surface area contributed by atoms with Gasteiger partial charge in [-0.25, -0.2) is 4.98 Å². The maximum atomic E-state index is 12.9. The number of anilines is 2. The molecule has 7 heteroatoms. The summed E-state index contributed by atoms with van der Waals surface area (Å²) < 4.78 is 7.19. The second-order valence-electron chi connectivity index (χ2n) is 9.09. The van der Waals surface area contributed by atoms with Crippen LogP contribution in [0.15, 0.2) is 60.7 Å². The number of ether oxygens (including phenoxy) is 1. The Balaban J connectivity index is 1.31. The number of nitrogens with zero attached hydrogens (tertiary/aromatic N) is 4. The van der Waals surface area contributed by atoms with Gasteiger partial charge in [-0.3, -0.25) is 4.79 Å².